The highest BCUT2D eigenvalue weighted by molar-refractivity contribution is 5.90. The monoisotopic (exact) mass is 260 g/mol. The van der Waals surface area contributed by atoms with Gasteiger partial charge >= 0.3 is 6.03 Å². The number of hydrogen-bond acceptors (Lipinski definition) is 3. The molecule has 0 saturated heterocycles. The summed E-state index contributed by atoms with van der Waals surface area (Å²) in [7, 11) is 0. The summed E-state index contributed by atoms with van der Waals surface area (Å²) < 4.78 is 0. The summed E-state index contributed by atoms with van der Waals surface area (Å²) in [6, 6.07) is 8.05. The number of benzene rings is 1. The fourth-order valence-corrected chi connectivity index (χ4v) is 1.23. The highest BCUT2D eigenvalue weighted by Crippen LogP contribution is 2.12. The molecule has 0 atom stereocenters. The fraction of sp³-hybridized carbons (Fsp3) is 0.308. The summed E-state index contributed by atoms with van der Waals surface area (Å²) in [6.07, 6.45) is 0. The molecule has 6 nitrogen and oxygen atoms in total. The van der Waals surface area contributed by atoms with Gasteiger partial charge in [-0.25, -0.2) is 4.79 Å². The molecular weight excluding hydrogens is 244 g/mol. The van der Waals surface area contributed by atoms with Crippen LogP contribution < -0.4 is 16.4 Å². The van der Waals surface area contributed by atoms with E-state index in [1.54, 1.807) is 38.1 Å². The van der Waals surface area contributed by atoms with Crippen molar-refractivity contribution >= 4 is 17.6 Å². The second-order valence-electron chi connectivity index (χ2n) is 4.75. The van der Waals surface area contributed by atoms with Crippen molar-refractivity contribution < 1.29 is 9.59 Å². The Morgan fingerprint density at radius 3 is 2.68 bits per heavy atom. The highest BCUT2D eigenvalue weighted by atomic mass is 16.2. The summed E-state index contributed by atoms with van der Waals surface area (Å²) in [5, 5.41) is 13.9. The predicted octanol–water partition coefficient (Wildman–Crippen LogP) is 1.19. The van der Waals surface area contributed by atoms with E-state index in [4.69, 9.17) is 11.0 Å². The van der Waals surface area contributed by atoms with Crippen LogP contribution in [0.1, 0.15) is 19.4 Å². The third kappa shape index (κ3) is 4.32. The lowest BCUT2D eigenvalue weighted by molar-refractivity contribution is -0.125. The number of nitrogens with zero attached hydrogens (tertiary/aromatic N) is 1. The van der Waals surface area contributed by atoms with Gasteiger partial charge < -0.3 is 16.4 Å². The second kappa shape index (κ2) is 5.87. The molecule has 0 unspecified atom stereocenters. The van der Waals surface area contributed by atoms with Gasteiger partial charge in [0.15, 0.2) is 0 Å². The Kier molecular flexibility index (Phi) is 4.48. The summed E-state index contributed by atoms with van der Waals surface area (Å²) >= 11 is 0. The molecule has 1 rings (SSSR count). The summed E-state index contributed by atoms with van der Waals surface area (Å²) in [5.41, 5.74) is 5.35. The topological polar surface area (TPSA) is 108 Å². The molecule has 6 heteroatoms. The molecule has 3 amide bonds. The van der Waals surface area contributed by atoms with Crippen molar-refractivity contribution in [2.75, 3.05) is 11.9 Å². The molecule has 100 valence electrons. The maximum atomic E-state index is 11.6. The largest absolute Gasteiger partial charge is 0.369 e. The molecule has 1 aromatic carbocycles. The number of anilines is 1. The molecule has 1 aromatic rings. The average Bonchev–Trinajstić information content (AvgIpc) is 2.36. The SMILES string of the molecule is CC(C)(CNC(=O)Nc1cccc(C#N)c1)C(N)=O. The van der Waals surface area contributed by atoms with Gasteiger partial charge in [-0.3, -0.25) is 4.79 Å². The maximum Gasteiger partial charge on any atom is 0.319 e. The first kappa shape index (κ1) is 14.5. The van der Waals surface area contributed by atoms with Crippen LogP contribution in [0.25, 0.3) is 0 Å². The molecule has 0 aliphatic carbocycles. The van der Waals surface area contributed by atoms with Crippen molar-refractivity contribution in [2.45, 2.75) is 13.8 Å². The van der Waals surface area contributed by atoms with E-state index >= 15 is 0 Å². The van der Waals surface area contributed by atoms with Crippen molar-refractivity contribution in [3.63, 3.8) is 0 Å². The summed E-state index contributed by atoms with van der Waals surface area (Å²) in [4.78, 5) is 22.7. The maximum absolute atomic E-state index is 11.6. The van der Waals surface area contributed by atoms with Gasteiger partial charge in [0.25, 0.3) is 0 Å². The van der Waals surface area contributed by atoms with Crippen LogP contribution >= 0.6 is 0 Å². The number of carbonyl (C=O) groups excluding carboxylic acids is 2. The number of rotatable bonds is 4. The molecule has 0 fully saturated rings. The van der Waals surface area contributed by atoms with Crippen molar-refractivity contribution in [3.05, 3.63) is 29.8 Å². The van der Waals surface area contributed by atoms with Gasteiger partial charge in [0.2, 0.25) is 5.91 Å². The van der Waals surface area contributed by atoms with Crippen molar-refractivity contribution in [1.29, 1.82) is 5.26 Å². The number of hydrogen-bond donors (Lipinski definition) is 3. The molecule has 0 aromatic heterocycles. The molecule has 0 heterocycles. The smallest absolute Gasteiger partial charge is 0.319 e. The second-order valence-corrected chi connectivity index (χ2v) is 4.75. The molecule has 4 N–H and O–H groups in total. The zero-order chi connectivity index (χ0) is 14.5. The first-order valence-corrected chi connectivity index (χ1v) is 5.70. The minimum Gasteiger partial charge on any atom is -0.369 e. The molecule has 0 spiro atoms. The van der Waals surface area contributed by atoms with Gasteiger partial charge in [-0.1, -0.05) is 6.07 Å². The number of amides is 3. The first-order chi connectivity index (χ1) is 8.85. The predicted molar refractivity (Wildman–Crippen MR) is 71.2 cm³/mol. The van der Waals surface area contributed by atoms with Gasteiger partial charge in [-0.15, -0.1) is 0 Å². The normalized spacial score (nSPS) is 10.4. The summed E-state index contributed by atoms with van der Waals surface area (Å²) in [5.74, 6) is -0.487. The van der Waals surface area contributed by atoms with Gasteiger partial charge in [-0.05, 0) is 32.0 Å². The molecule has 0 aliphatic rings. The van der Waals surface area contributed by atoms with E-state index in [-0.39, 0.29) is 6.54 Å². The number of nitrogens with two attached hydrogens (primary N) is 1. The van der Waals surface area contributed by atoms with E-state index in [1.807, 2.05) is 6.07 Å². The standard InChI is InChI=1S/C13H16N4O2/c1-13(2,11(15)18)8-16-12(19)17-10-5-3-4-9(6-10)7-14/h3-6H,8H2,1-2H3,(H2,15,18)(H2,16,17,19). The van der Waals surface area contributed by atoms with Crippen LogP contribution in [-0.4, -0.2) is 18.5 Å². The molecule has 19 heavy (non-hydrogen) atoms. The minimum absolute atomic E-state index is 0.131. The van der Waals surface area contributed by atoms with Crippen molar-refractivity contribution in [3.8, 4) is 6.07 Å². The minimum atomic E-state index is -0.814. The van der Waals surface area contributed by atoms with Gasteiger partial charge in [-0.2, -0.15) is 5.26 Å². The first-order valence-electron chi connectivity index (χ1n) is 5.70. The van der Waals surface area contributed by atoms with Crippen LogP contribution in [0, 0.1) is 16.7 Å². The lowest BCUT2D eigenvalue weighted by Gasteiger charge is -2.20. The number of urea groups is 1. The number of nitrogens with one attached hydrogen (secondary N) is 2. The molecule has 0 radical (unpaired) electrons. The van der Waals surface area contributed by atoms with E-state index < -0.39 is 17.4 Å². The van der Waals surface area contributed by atoms with Crippen molar-refractivity contribution in [1.82, 2.24) is 5.32 Å². The number of carbonyl (C=O) groups is 2. The van der Waals surface area contributed by atoms with E-state index in [1.165, 1.54) is 0 Å². The van der Waals surface area contributed by atoms with Crippen LogP contribution in [0.2, 0.25) is 0 Å². The van der Waals surface area contributed by atoms with Crippen LogP contribution in [0.3, 0.4) is 0 Å². The lowest BCUT2D eigenvalue weighted by Crippen LogP contribution is -2.43. The molecule has 0 saturated carbocycles. The Morgan fingerprint density at radius 1 is 1.42 bits per heavy atom. The van der Waals surface area contributed by atoms with Crippen LogP contribution in [0.4, 0.5) is 10.5 Å². The average molecular weight is 260 g/mol. The fourth-order valence-electron chi connectivity index (χ4n) is 1.23. The third-order valence-electron chi connectivity index (χ3n) is 2.61. The zero-order valence-corrected chi connectivity index (χ0v) is 10.9. The Morgan fingerprint density at radius 2 is 2.11 bits per heavy atom. The van der Waals surface area contributed by atoms with E-state index in [2.05, 4.69) is 10.6 Å². The van der Waals surface area contributed by atoms with Gasteiger partial charge in [0, 0.05) is 12.2 Å². The van der Waals surface area contributed by atoms with Crippen LogP contribution in [0.5, 0.6) is 0 Å². The van der Waals surface area contributed by atoms with Gasteiger partial charge in [0.1, 0.15) is 0 Å². The Bertz CT molecular complexity index is 532. The van der Waals surface area contributed by atoms with E-state index in [0.29, 0.717) is 11.3 Å². The van der Waals surface area contributed by atoms with Crippen LogP contribution in [0.15, 0.2) is 24.3 Å². The summed E-state index contributed by atoms with van der Waals surface area (Å²) in [6.45, 7) is 3.42. The Labute approximate surface area is 111 Å². The highest BCUT2D eigenvalue weighted by Gasteiger charge is 2.25. The van der Waals surface area contributed by atoms with E-state index in [0.717, 1.165) is 0 Å². The lowest BCUT2D eigenvalue weighted by atomic mass is 9.93. The Balaban J connectivity index is 2.57. The molecular formula is C13H16N4O2. The molecule has 0 aliphatic heterocycles. The van der Waals surface area contributed by atoms with Crippen molar-refractivity contribution in [2.24, 2.45) is 11.1 Å². The Hall–Kier alpha value is -2.55. The third-order valence-corrected chi connectivity index (χ3v) is 2.61. The zero-order valence-electron chi connectivity index (χ0n) is 10.9. The van der Waals surface area contributed by atoms with Gasteiger partial charge in [0.05, 0.1) is 17.0 Å². The van der Waals surface area contributed by atoms with Crippen LogP contribution in [-0.2, 0) is 4.79 Å². The molecule has 0 bridgehead atoms. The van der Waals surface area contributed by atoms with E-state index in [9.17, 15) is 9.59 Å². The quantitative estimate of drug-likeness (QED) is 0.756. The number of primary amides is 1. The number of nitriles is 1.